The Hall–Kier alpha value is -3.15. The minimum absolute atomic E-state index is 0.0134. The van der Waals surface area contributed by atoms with Crippen LogP contribution in [0.2, 0.25) is 0 Å². The molecule has 6 nitrogen and oxygen atoms in total. The number of hydrazone groups is 1. The molecule has 6 heteroatoms. The summed E-state index contributed by atoms with van der Waals surface area (Å²) in [5.41, 5.74) is 4.28. The Morgan fingerprint density at radius 1 is 0.966 bits per heavy atom. The number of benzene rings is 2. The highest BCUT2D eigenvalue weighted by Crippen LogP contribution is 2.17. The average Bonchev–Trinajstić information content (AvgIpc) is 2.75. The second-order valence-electron chi connectivity index (χ2n) is 7.22. The van der Waals surface area contributed by atoms with Crippen LogP contribution in [0.15, 0.2) is 59.7 Å². The third-order valence-electron chi connectivity index (χ3n) is 4.83. The van der Waals surface area contributed by atoms with Crippen LogP contribution in [0.1, 0.15) is 43.2 Å². The van der Waals surface area contributed by atoms with Crippen LogP contribution in [0.3, 0.4) is 0 Å². The van der Waals surface area contributed by atoms with Crippen molar-refractivity contribution in [2.75, 3.05) is 6.61 Å². The Morgan fingerprint density at radius 3 is 2.41 bits per heavy atom. The van der Waals surface area contributed by atoms with Crippen molar-refractivity contribution in [1.82, 2.24) is 10.7 Å². The number of hydrogen-bond donors (Lipinski definition) is 2. The van der Waals surface area contributed by atoms with Crippen molar-refractivity contribution in [1.29, 1.82) is 0 Å². The maximum Gasteiger partial charge on any atom is 0.258 e. The molecular formula is C23H27N3O3. The van der Waals surface area contributed by atoms with Gasteiger partial charge in [-0.3, -0.25) is 9.59 Å². The molecule has 3 rings (SSSR count). The summed E-state index contributed by atoms with van der Waals surface area (Å²) >= 11 is 0. The van der Waals surface area contributed by atoms with Gasteiger partial charge < -0.3 is 10.1 Å². The van der Waals surface area contributed by atoms with Crippen LogP contribution in [0, 0.1) is 0 Å². The second kappa shape index (κ2) is 11.0. The van der Waals surface area contributed by atoms with Gasteiger partial charge in [-0.05, 0) is 48.2 Å². The van der Waals surface area contributed by atoms with Crippen molar-refractivity contribution in [3.05, 3.63) is 65.7 Å². The number of ether oxygens (including phenoxy) is 1. The van der Waals surface area contributed by atoms with Gasteiger partial charge in [-0.25, -0.2) is 5.43 Å². The lowest BCUT2D eigenvalue weighted by atomic mass is 9.95. The fraction of sp³-hybridized carbons (Fsp3) is 0.348. The topological polar surface area (TPSA) is 79.8 Å². The number of rotatable bonds is 8. The highest BCUT2D eigenvalue weighted by Gasteiger charge is 2.15. The Kier molecular flexibility index (Phi) is 7.81. The molecule has 2 aromatic carbocycles. The predicted octanol–water partition coefficient (Wildman–Crippen LogP) is 3.21. The number of hydrogen-bond acceptors (Lipinski definition) is 4. The molecule has 0 radical (unpaired) electrons. The zero-order valence-corrected chi connectivity index (χ0v) is 16.5. The van der Waals surface area contributed by atoms with Crippen LogP contribution in [0.4, 0.5) is 0 Å². The Labute approximate surface area is 171 Å². The molecule has 29 heavy (non-hydrogen) atoms. The summed E-state index contributed by atoms with van der Waals surface area (Å²) in [4.78, 5) is 23.9. The molecule has 0 aliphatic heterocycles. The van der Waals surface area contributed by atoms with Crippen LogP contribution >= 0.6 is 0 Å². The highest BCUT2D eigenvalue weighted by molar-refractivity contribution is 5.83. The molecule has 152 valence electrons. The van der Waals surface area contributed by atoms with E-state index in [0.29, 0.717) is 5.75 Å². The monoisotopic (exact) mass is 393 g/mol. The quantitative estimate of drug-likeness (QED) is 0.534. The molecule has 2 amide bonds. The Balaban J connectivity index is 1.38. The van der Waals surface area contributed by atoms with Crippen molar-refractivity contribution in [2.24, 2.45) is 5.10 Å². The smallest absolute Gasteiger partial charge is 0.258 e. The Morgan fingerprint density at radius 2 is 1.69 bits per heavy atom. The summed E-state index contributed by atoms with van der Waals surface area (Å²) in [6, 6.07) is 17.0. The minimum atomic E-state index is -0.170. The van der Waals surface area contributed by atoms with Crippen LogP contribution < -0.4 is 15.5 Å². The molecule has 0 aromatic heterocycles. The van der Waals surface area contributed by atoms with Gasteiger partial charge in [-0.2, -0.15) is 5.10 Å². The summed E-state index contributed by atoms with van der Waals surface area (Å²) in [6.45, 7) is 0.0134. The maximum atomic E-state index is 12.0. The van der Waals surface area contributed by atoms with E-state index in [0.717, 1.165) is 24.0 Å². The van der Waals surface area contributed by atoms with E-state index in [-0.39, 0.29) is 30.9 Å². The molecule has 1 aliphatic rings. The largest absolute Gasteiger partial charge is 0.484 e. The van der Waals surface area contributed by atoms with Gasteiger partial charge in [0.05, 0.1) is 12.6 Å². The molecule has 1 saturated carbocycles. The molecule has 1 fully saturated rings. The number of amides is 2. The molecule has 2 N–H and O–H groups in total. The summed E-state index contributed by atoms with van der Waals surface area (Å²) in [5.74, 6) is 0.370. The van der Waals surface area contributed by atoms with Crippen molar-refractivity contribution in [3.8, 4) is 5.75 Å². The molecule has 0 bridgehead atoms. The van der Waals surface area contributed by atoms with E-state index in [9.17, 15) is 9.59 Å². The third-order valence-corrected chi connectivity index (χ3v) is 4.83. The van der Waals surface area contributed by atoms with Gasteiger partial charge in [0.1, 0.15) is 5.75 Å². The van der Waals surface area contributed by atoms with Gasteiger partial charge in [0.2, 0.25) is 5.91 Å². The van der Waals surface area contributed by atoms with Crippen LogP contribution in [0.5, 0.6) is 5.75 Å². The number of nitrogens with zero attached hydrogens (tertiary/aromatic N) is 1. The van der Waals surface area contributed by atoms with E-state index in [4.69, 9.17) is 4.74 Å². The first-order valence-electron chi connectivity index (χ1n) is 10.1. The molecular weight excluding hydrogens is 366 g/mol. The molecule has 0 heterocycles. The number of carbonyl (C=O) groups is 2. The SMILES string of the molecule is O=C(Cc1ccccc1)N/N=C\c1ccc(OCC(=O)NC2CCCCC2)cc1. The van der Waals surface area contributed by atoms with Gasteiger partial charge in [-0.15, -0.1) is 0 Å². The zero-order chi connectivity index (χ0) is 20.3. The lowest BCUT2D eigenvalue weighted by Crippen LogP contribution is -2.38. The van der Waals surface area contributed by atoms with Crippen molar-refractivity contribution in [2.45, 2.75) is 44.6 Å². The predicted molar refractivity (Wildman–Crippen MR) is 113 cm³/mol. The van der Waals surface area contributed by atoms with Crippen molar-refractivity contribution < 1.29 is 14.3 Å². The first kappa shape index (κ1) is 20.6. The lowest BCUT2D eigenvalue weighted by molar-refractivity contribution is -0.124. The fourth-order valence-electron chi connectivity index (χ4n) is 3.31. The van der Waals surface area contributed by atoms with Gasteiger partial charge in [0.15, 0.2) is 6.61 Å². The number of carbonyl (C=O) groups excluding carboxylic acids is 2. The second-order valence-corrected chi connectivity index (χ2v) is 7.22. The summed E-state index contributed by atoms with van der Waals surface area (Å²) in [5, 5.41) is 7.01. The average molecular weight is 393 g/mol. The van der Waals surface area contributed by atoms with Crippen molar-refractivity contribution in [3.63, 3.8) is 0 Å². The molecule has 1 aliphatic carbocycles. The standard InChI is InChI=1S/C23H27N3O3/c27-22(15-18-7-3-1-4-8-18)26-24-16-19-11-13-21(14-12-19)29-17-23(28)25-20-9-5-2-6-10-20/h1,3-4,7-8,11-14,16,20H,2,5-6,9-10,15,17H2,(H,25,28)(H,26,27)/b24-16-. The lowest BCUT2D eigenvalue weighted by Gasteiger charge is -2.22. The normalized spacial score (nSPS) is 14.5. The van der Waals surface area contributed by atoms with Gasteiger partial charge in [0.25, 0.3) is 5.91 Å². The van der Waals surface area contributed by atoms with E-state index in [1.807, 2.05) is 42.5 Å². The maximum absolute atomic E-state index is 12.0. The summed E-state index contributed by atoms with van der Waals surface area (Å²) < 4.78 is 5.55. The molecule has 0 spiro atoms. The Bertz CT molecular complexity index is 813. The van der Waals surface area contributed by atoms with Crippen LogP contribution in [-0.4, -0.2) is 30.7 Å². The van der Waals surface area contributed by atoms with Crippen LogP contribution in [-0.2, 0) is 16.0 Å². The number of nitrogens with one attached hydrogen (secondary N) is 2. The van der Waals surface area contributed by atoms with Gasteiger partial charge in [-0.1, -0.05) is 49.6 Å². The molecule has 0 unspecified atom stereocenters. The zero-order valence-electron chi connectivity index (χ0n) is 16.5. The summed E-state index contributed by atoms with van der Waals surface area (Å²) in [6.07, 6.45) is 7.60. The minimum Gasteiger partial charge on any atom is -0.484 e. The summed E-state index contributed by atoms with van der Waals surface area (Å²) in [7, 11) is 0. The first-order valence-corrected chi connectivity index (χ1v) is 10.1. The third kappa shape index (κ3) is 7.41. The molecule has 0 atom stereocenters. The van der Waals surface area contributed by atoms with Crippen molar-refractivity contribution >= 4 is 18.0 Å². The van der Waals surface area contributed by atoms with Crippen LogP contribution in [0.25, 0.3) is 0 Å². The molecule has 0 saturated heterocycles. The van der Waals surface area contributed by atoms with E-state index >= 15 is 0 Å². The van der Waals surface area contributed by atoms with Gasteiger partial charge >= 0.3 is 0 Å². The van der Waals surface area contributed by atoms with Gasteiger partial charge in [0, 0.05) is 6.04 Å². The van der Waals surface area contributed by atoms with E-state index in [2.05, 4.69) is 15.8 Å². The molecule has 2 aromatic rings. The van der Waals surface area contributed by atoms with E-state index in [1.165, 1.54) is 19.3 Å². The van der Waals surface area contributed by atoms with E-state index in [1.54, 1.807) is 18.3 Å². The fourth-order valence-corrected chi connectivity index (χ4v) is 3.31. The highest BCUT2D eigenvalue weighted by atomic mass is 16.5. The first-order chi connectivity index (χ1) is 14.2. The van der Waals surface area contributed by atoms with E-state index < -0.39 is 0 Å².